The molecule has 0 fully saturated rings. The van der Waals surface area contributed by atoms with E-state index >= 15 is 0 Å². The standard InChI is InChI=1S/C22H19FN6O3/c1-4-27-11-15(9-24)21(31)28(22(27)32)12-19(30)26-20-18(10-25)13(2)14(3)29(20)17-7-5-6-16(23)8-17/h5-8,11H,4,12H2,1-3H3,(H,26,30). The normalized spacial score (nSPS) is 10.4. The van der Waals surface area contributed by atoms with Crippen molar-refractivity contribution < 1.29 is 9.18 Å². The lowest BCUT2D eigenvalue weighted by Crippen LogP contribution is -2.43. The van der Waals surface area contributed by atoms with Gasteiger partial charge in [-0.05, 0) is 44.5 Å². The molecule has 0 aliphatic heterocycles. The lowest BCUT2D eigenvalue weighted by molar-refractivity contribution is -0.116. The number of aromatic nitrogens is 3. The number of hydrogen-bond acceptors (Lipinski definition) is 5. The van der Waals surface area contributed by atoms with E-state index in [4.69, 9.17) is 5.26 Å². The van der Waals surface area contributed by atoms with Crippen LogP contribution in [-0.4, -0.2) is 19.6 Å². The van der Waals surface area contributed by atoms with Crippen LogP contribution in [0.2, 0.25) is 0 Å². The van der Waals surface area contributed by atoms with Crippen molar-refractivity contribution in [2.24, 2.45) is 0 Å². The number of anilines is 1. The molecule has 0 bridgehead atoms. The summed E-state index contributed by atoms with van der Waals surface area (Å²) in [6.45, 7) is 4.62. The Hall–Kier alpha value is -4.44. The molecule has 0 aliphatic rings. The number of rotatable bonds is 5. The van der Waals surface area contributed by atoms with Crippen LogP contribution in [0.3, 0.4) is 0 Å². The van der Waals surface area contributed by atoms with Crippen LogP contribution in [0.5, 0.6) is 0 Å². The fourth-order valence-corrected chi connectivity index (χ4v) is 3.41. The van der Waals surface area contributed by atoms with E-state index in [1.807, 2.05) is 6.07 Å². The van der Waals surface area contributed by atoms with E-state index in [1.165, 1.54) is 22.8 Å². The number of nitrogens with zero attached hydrogens (tertiary/aromatic N) is 5. The van der Waals surface area contributed by atoms with Crippen molar-refractivity contribution in [3.63, 3.8) is 0 Å². The summed E-state index contributed by atoms with van der Waals surface area (Å²) in [5.74, 6) is -1.16. The Morgan fingerprint density at radius 1 is 1.19 bits per heavy atom. The van der Waals surface area contributed by atoms with Crippen LogP contribution in [0.15, 0.2) is 40.1 Å². The molecular formula is C22H19FN6O3. The molecule has 1 amide bonds. The van der Waals surface area contributed by atoms with Gasteiger partial charge in [-0.25, -0.2) is 13.8 Å². The lowest BCUT2D eigenvalue weighted by Gasteiger charge is -2.14. The molecule has 0 atom stereocenters. The van der Waals surface area contributed by atoms with Crippen molar-refractivity contribution in [3.05, 3.63) is 79.5 Å². The van der Waals surface area contributed by atoms with Crippen molar-refractivity contribution in [2.75, 3.05) is 5.32 Å². The van der Waals surface area contributed by atoms with Crippen molar-refractivity contribution in [1.29, 1.82) is 10.5 Å². The number of aryl methyl sites for hydroxylation is 1. The first-order valence-electron chi connectivity index (χ1n) is 9.65. The third-order valence-electron chi connectivity index (χ3n) is 5.15. The van der Waals surface area contributed by atoms with Gasteiger partial charge in [-0.2, -0.15) is 10.5 Å². The van der Waals surface area contributed by atoms with Gasteiger partial charge < -0.3 is 5.32 Å². The molecule has 3 rings (SSSR count). The Bertz CT molecular complexity index is 1430. The molecule has 9 nitrogen and oxygen atoms in total. The molecule has 3 aromatic rings. The zero-order valence-electron chi connectivity index (χ0n) is 17.6. The minimum Gasteiger partial charge on any atom is -0.309 e. The average molecular weight is 434 g/mol. The van der Waals surface area contributed by atoms with Gasteiger partial charge in [0.25, 0.3) is 5.56 Å². The third-order valence-corrected chi connectivity index (χ3v) is 5.15. The van der Waals surface area contributed by atoms with Crippen LogP contribution in [0.25, 0.3) is 5.69 Å². The summed E-state index contributed by atoms with van der Waals surface area (Å²) in [5, 5.41) is 21.4. The van der Waals surface area contributed by atoms with Gasteiger partial charge in [0.05, 0.1) is 11.3 Å². The number of nitrogens with one attached hydrogen (secondary N) is 1. The number of amides is 1. The Labute approximate surface area is 182 Å². The van der Waals surface area contributed by atoms with E-state index < -0.39 is 29.5 Å². The van der Waals surface area contributed by atoms with E-state index in [0.29, 0.717) is 21.5 Å². The van der Waals surface area contributed by atoms with Crippen molar-refractivity contribution in [3.8, 4) is 17.8 Å². The van der Waals surface area contributed by atoms with Gasteiger partial charge in [-0.1, -0.05) is 6.07 Å². The number of carbonyl (C=O) groups is 1. The zero-order chi connectivity index (χ0) is 23.6. The van der Waals surface area contributed by atoms with E-state index in [9.17, 15) is 24.0 Å². The van der Waals surface area contributed by atoms with E-state index in [-0.39, 0.29) is 23.5 Å². The summed E-state index contributed by atoms with van der Waals surface area (Å²) >= 11 is 0. The molecule has 0 saturated carbocycles. The highest BCUT2D eigenvalue weighted by atomic mass is 19.1. The predicted molar refractivity (Wildman–Crippen MR) is 114 cm³/mol. The van der Waals surface area contributed by atoms with Gasteiger partial charge in [0.1, 0.15) is 35.9 Å². The second-order valence-corrected chi connectivity index (χ2v) is 7.02. The number of carbonyl (C=O) groups excluding carboxylic acids is 1. The van der Waals surface area contributed by atoms with E-state index in [0.717, 1.165) is 10.8 Å². The first-order chi connectivity index (χ1) is 15.2. The second kappa shape index (κ2) is 8.74. The Morgan fingerprint density at radius 3 is 2.50 bits per heavy atom. The van der Waals surface area contributed by atoms with Gasteiger partial charge in [0.2, 0.25) is 5.91 Å². The molecule has 2 heterocycles. The maximum atomic E-state index is 13.8. The van der Waals surface area contributed by atoms with E-state index in [2.05, 4.69) is 5.32 Å². The first kappa shape index (κ1) is 22.2. The van der Waals surface area contributed by atoms with Gasteiger partial charge in [0, 0.05) is 18.4 Å². The number of hydrogen-bond donors (Lipinski definition) is 1. The SMILES string of the molecule is CCn1cc(C#N)c(=O)n(CC(=O)Nc2c(C#N)c(C)c(C)n2-c2cccc(F)c2)c1=O. The number of halogens is 1. The van der Waals surface area contributed by atoms with Crippen LogP contribution in [0.4, 0.5) is 10.2 Å². The fourth-order valence-electron chi connectivity index (χ4n) is 3.41. The summed E-state index contributed by atoms with van der Waals surface area (Å²) in [6, 6.07) is 9.39. The quantitative estimate of drug-likeness (QED) is 0.657. The van der Waals surface area contributed by atoms with Crippen LogP contribution in [0.1, 0.15) is 29.3 Å². The fraction of sp³-hybridized carbons (Fsp3) is 0.227. The highest BCUT2D eigenvalue weighted by Gasteiger charge is 2.22. The highest BCUT2D eigenvalue weighted by Crippen LogP contribution is 2.30. The molecule has 0 aliphatic carbocycles. The summed E-state index contributed by atoms with van der Waals surface area (Å²) in [7, 11) is 0. The average Bonchev–Trinajstić information content (AvgIpc) is 3.00. The van der Waals surface area contributed by atoms with Gasteiger partial charge in [-0.3, -0.25) is 18.7 Å². The predicted octanol–water partition coefficient (Wildman–Crippen LogP) is 1.96. The molecule has 0 unspecified atom stereocenters. The number of nitriles is 2. The van der Waals surface area contributed by atoms with Crippen LogP contribution >= 0.6 is 0 Å². The minimum absolute atomic E-state index is 0.0957. The molecule has 0 radical (unpaired) electrons. The smallest absolute Gasteiger partial charge is 0.309 e. The second-order valence-electron chi connectivity index (χ2n) is 7.02. The Balaban J connectivity index is 2.08. The summed E-state index contributed by atoms with van der Waals surface area (Å²) in [6.07, 6.45) is 1.15. The molecule has 1 aromatic carbocycles. The maximum absolute atomic E-state index is 13.8. The molecule has 162 valence electrons. The van der Waals surface area contributed by atoms with Gasteiger partial charge in [-0.15, -0.1) is 0 Å². The van der Waals surface area contributed by atoms with Crippen molar-refractivity contribution in [2.45, 2.75) is 33.9 Å². The largest absolute Gasteiger partial charge is 0.331 e. The molecule has 10 heteroatoms. The molecule has 2 aromatic heterocycles. The van der Waals surface area contributed by atoms with Crippen LogP contribution < -0.4 is 16.6 Å². The maximum Gasteiger partial charge on any atom is 0.331 e. The first-order valence-corrected chi connectivity index (χ1v) is 9.65. The number of benzene rings is 1. The summed E-state index contributed by atoms with van der Waals surface area (Å²) in [4.78, 5) is 37.8. The monoisotopic (exact) mass is 434 g/mol. The van der Waals surface area contributed by atoms with Crippen LogP contribution in [-0.2, 0) is 17.9 Å². The minimum atomic E-state index is -0.884. The summed E-state index contributed by atoms with van der Waals surface area (Å²) in [5.41, 5.74) is -0.135. The van der Waals surface area contributed by atoms with Gasteiger partial charge in [0.15, 0.2) is 0 Å². The van der Waals surface area contributed by atoms with E-state index in [1.54, 1.807) is 32.9 Å². The zero-order valence-corrected chi connectivity index (χ0v) is 17.6. The Morgan fingerprint density at radius 2 is 1.91 bits per heavy atom. The van der Waals surface area contributed by atoms with Crippen molar-refractivity contribution >= 4 is 11.7 Å². The molecule has 32 heavy (non-hydrogen) atoms. The topological polar surface area (TPSA) is 126 Å². The molecular weight excluding hydrogens is 415 g/mol. The summed E-state index contributed by atoms with van der Waals surface area (Å²) < 4.78 is 17.2. The molecule has 0 saturated heterocycles. The third kappa shape index (κ3) is 3.82. The van der Waals surface area contributed by atoms with Crippen LogP contribution in [0, 0.1) is 42.3 Å². The van der Waals surface area contributed by atoms with Crippen molar-refractivity contribution in [1.82, 2.24) is 13.7 Å². The molecule has 1 N–H and O–H groups in total. The lowest BCUT2D eigenvalue weighted by atomic mass is 10.2. The molecule has 0 spiro atoms. The van der Waals surface area contributed by atoms with Gasteiger partial charge >= 0.3 is 5.69 Å². The Kier molecular flexibility index (Phi) is 6.08. The highest BCUT2D eigenvalue weighted by molar-refractivity contribution is 5.92.